The van der Waals surface area contributed by atoms with Crippen molar-refractivity contribution in [3.63, 3.8) is 0 Å². The summed E-state index contributed by atoms with van der Waals surface area (Å²) >= 11 is 6.09. The van der Waals surface area contributed by atoms with Gasteiger partial charge in [0.25, 0.3) is 11.8 Å². The van der Waals surface area contributed by atoms with Crippen molar-refractivity contribution in [3.05, 3.63) is 99.8 Å². The molecule has 0 unspecified atom stereocenters. The van der Waals surface area contributed by atoms with Crippen molar-refractivity contribution in [2.45, 2.75) is 32.6 Å². The van der Waals surface area contributed by atoms with E-state index in [4.69, 9.17) is 21.1 Å². The van der Waals surface area contributed by atoms with Gasteiger partial charge in [0.2, 0.25) is 0 Å². The number of rotatable bonds is 6. The molecule has 0 fully saturated rings. The van der Waals surface area contributed by atoms with Crippen molar-refractivity contribution < 1.29 is 28.2 Å². The Hall–Kier alpha value is -4.17. The molecule has 1 aliphatic carbocycles. The normalized spacial score (nSPS) is 17.9. The highest BCUT2D eigenvalue weighted by Gasteiger charge is 2.39. The van der Waals surface area contributed by atoms with Gasteiger partial charge in [-0.05, 0) is 86.1 Å². The number of hydrogen-bond donors (Lipinski definition) is 1. The zero-order chi connectivity index (χ0) is 29.1. The Labute approximate surface area is 242 Å². The van der Waals surface area contributed by atoms with Gasteiger partial charge >= 0.3 is 5.97 Å². The smallest absolute Gasteiger partial charge is 0.333 e. The van der Waals surface area contributed by atoms with Crippen LogP contribution in [0.15, 0.2) is 72.3 Å². The van der Waals surface area contributed by atoms with Gasteiger partial charge in [-0.25, -0.2) is 9.18 Å². The van der Waals surface area contributed by atoms with E-state index in [2.05, 4.69) is 11.4 Å². The van der Waals surface area contributed by atoms with Crippen LogP contribution in [0.4, 0.5) is 15.8 Å². The number of allylic oxidation sites excluding steroid dienone is 1. The van der Waals surface area contributed by atoms with Crippen molar-refractivity contribution in [1.29, 1.82) is 0 Å². The van der Waals surface area contributed by atoms with Crippen LogP contribution in [0.1, 0.15) is 52.5 Å². The summed E-state index contributed by atoms with van der Waals surface area (Å²) in [5.74, 6) is -1.41. The predicted molar refractivity (Wildman–Crippen MR) is 155 cm³/mol. The first kappa shape index (κ1) is 28.4. The van der Waals surface area contributed by atoms with E-state index >= 15 is 0 Å². The Morgan fingerprint density at radius 3 is 2.66 bits per heavy atom. The number of benzene rings is 3. The topological polar surface area (TPSA) is 84.9 Å². The van der Waals surface area contributed by atoms with Crippen molar-refractivity contribution >= 4 is 40.8 Å². The summed E-state index contributed by atoms with van der Waals surface area (Å²) in [6.45, 7) is 2.59. The Morgan fingerprint density at radius 2 is 1.88 bits per heavy atom. The third-order valence-corrected chi connectivity index (χ3v) is 8.01. The van der Waals surface area contributed by atoms with Gasteiger partial charge in [-0.15, -0.1) is 0 Å². The first-order chi connectivity index (χ1) is 19.7. The van der Waals surface area contributed by atoms with Crippen molar-refractivity contribution in [2.24, 2.45) is 5.41 Å². The van der Waals surface area contributed by atoms with Gasteiger partial charge in [-0.2, -0.15) is 0 Å². The third-order valence-electron chi connectivity index (χ3n) is 7.68. The highest BCUT2D eigenvalue weighted by molar-refractivity contribution is 6.34. The van der Waals surface area contributed by atoms with Crippen LogP contribution in [0.25, 0.3) is 0 Å². The second-order valence-electron chi connectivity index (χ2n) is 10.3. The van der Waals surface area contributed by atoms with Crippen LogP contribution in [0, 0.1) is 11.2 Å². The quantitative estimate of drug-likeness (QED) is 0.334. The molecule has 0 aromatic heterocycles. The number of para-hydroxylation sites is 1. The number of halogens is 2. The summed E-state index contributed by atoms with van der Waals surface area (Å²) in [5.41, 5.74) is 2.99. The molecule has 7 nitrogen and oxygen atoms in total. The SMILES string of the molecule is CCOC(=O)C1=C[C@@]2(CC1)CCN(C(=O)c1ccc(NC(=O)c3cc(F)ccc3Cl)c(OC)c1)c1ccccc1C2. The van der Waals surface area contributed by atoms with E-state index in [-0.39, 0.29) is 33.6 Å². The van der Waals surface area contributed by atoms with Crippen LogP contribution in [-0.4, -0.2) is 38.0 Å². The molecule has 1 aliphatic heterocycles. The molecule has 212 valence electrons. The van der Waals surface area contributed by atoms with Gasteiger partial charge in [0.1, 0.15) is 11.6 Å². The molecule has 1 heterocycles. The molecule has 1 atom stereocenters. The average molecular weight is 577 g/mol. The molecule has 1 spiro atoms. The van der Waals surface area contributed by atoms with E-state index in [9.17, 15) is 18.8 Å². The Morgan fingerprint density at radius 1 is 1.07 bits per heavy atom. The number of ether oxygens (including phenoxy) is 2. The Kier molecular flexibility index (Phi) is 8.13. The van der Waals surface area contributed by atoms with E-state index in [0.717, 1.165) is 23.7 Å². The lowest BCUT2D eigenvalue weighted by atomic mass is 9.79. The summed E-state index contributed by atoms with van der Waals surface area (Å²) in [4.78, 5) is 40.9. The monoisotopic (exact) mass is 576 g/mol. The number of methoxy groups -OCH3 is 1. The highest BCUT2D eigenvalue weighted by Crippen LogP contribution is 2.46. The number of esters is 1. The maximum Gasteiger partial charge on any atom is 0.333 e. The molecular formula is C32H30ClFN2O5. The van der Waals surface area contributed by atoms with Crippen LogP contribution >= 0.6 is 11.6 Å². The summed E-state index contributed by atoms with van der Waals surface area (Å²) in [6, 6.07) is 16.1. The minimum atomic E-state index is -0.606. The molecule has 9 heteroatoms. The first-order valence-electron chi connectivity index (χ1n) is 13.5. The van der Waals surface area contributed by atoms with E-state index in [1.165, 1.54) is 19.2 Å². The van der Waals surface area contributed by atoms with Crippen molar-refractivity contribution in [2.75, 3.05) is 30.5 Å². The summed E-state index contributed by atoms with van der Waals surface area (Å²) in [5, 5.41) is 2.80. The molecule has 0 saturated carbocycles. The molecular weight excluding hydrogens is 547 g/mol. The minimum absolute atomic E-state index is 0.0175. The number of carbonyl (C=O) groups is 3. The number of nitrogens with zero attached hydrogens (tertiary/aromatic N) is 1. The van der Waals surface area contributed by atoms with Crippen LogP contribution in [0.2, 0.25) is 5.02 Å². The maximum atomic E-state index is 13.9. The van der Waals surface area contributed by atoms with Gasteiger partial charge in [-0.1, -0.05) is 35.9 Å². The fraction of sp³-hybridized carbons (Fsp3) is 0.281. The van der Waals surface area contributed by atoms with E-state index in [1.54, 1.807) is 30.0 Å². The number of nitrogens with one attached hydrogen (secondary N) is 1. The standard InChI is InChI=1S/C32H30ClFN2O5/c1-3-41-31(39)22-12-13-32(19-22)14-15-36(27-7-5-4-6-21(27)18-32)30(38)20-8-11-26(28(16-20)40-2)35-29(37)24-17-23(34)9-10-25(24)33/h4-11,16-17,19H,3,12-15,18H2,1-2H3,(H,35,37)/t32-/m0/s1. The van der Waals surface area contributed by atoms with Gasteiger partial charge < -0.3 is 19.7 Å². The van der Waals surface area contributed by atoms with Crippen molar-refractivity contribution in [1.82, 2.24) is 0 Å². The minimum Gasteiger partial charge on any atom is -0.495 e. The molecule has 1 N–H and O–H groups in total. The second kappa shape index (κ2) is 11.7. The van der Waals surface area contributed by atoms with Crippen LogP contribution in [0.3, 0.4) is 0 Å². The number of anilines is 2. The highest BCUT2D eigenvalue weighted by atomic mass is 35.5. The number of carbonyl (C=O) groups excluding carboxylic acids is 3. The molecule has 3 aromatic rings. The Bertz CT molecular complexity index is 1550. The van der Waals surface area contributed by atoms with Crippen LogP contribution < -0.4 is 15.0 Å². The van der Waals surface area contributed by atoms with Crippen LogP contribution in [-0.2, 0) is 16.0 Å². The third kappa shape index (κ3) is 5.84. The van der Waals surface area contributed by atoms with Crippen LogP contribution in [0.5, 0.6) is 5.75 Å². The molecule has 0 saturated heterocycles. The number of hydrogen-bond acceptors (Lipinski definition) is 5. The second-order valence-corrected chi connectivity index (χ2v) is 10.7. The summed E-state index contributed by atoms with van der Waals surface area (Å²) in [6.07, 6.45) is 4.93. The molecule has 0 radical (unpaired) electrons. The summed E-state index contributed by atoms with van der Waals surface area (Å²) in [7, 11) is 1.44. The maximum absolute atomic E-state index is 13.9. The predicted octanol–water partition coefficient (Wildman–Crippen LogP) is 6.60. The Balaban J connectivity index is 1.41. The molecule has 3 aromatic carbocycles. The molecule has 0 bridgehead atoms. The average Bonchev–Trinajstić information content (AvgIpc) is 3.31. The zero-order valence-electron chi connectivity index (χ0n) is 22.8. The van der Waals surface area contributed by atoms with E-state index in [0.29, 0.717) is 49.2 Å². The van der Waals surface area contributed by atoms with E-state index in [1.807, 2.05) is 24.3 Å². The largest absolute Gasteiger partial charge is 0.495 e. The molecule has 5 rings (SSSR count). The van der Waals surface area contributed by atoms with Crippen molar-refractivity contribution in [3.8, 4) is 5.75 Å². The van der Waals surface area contributed by atoms with Gasteiger partial charge in [0.05, 0.1) is 30.0 Å². The first-order valence-corrected chi connectivity index (χ1v) is 13.8. The molecule has 41 heavy (non-hydrogen) atoms. The lowest BCUT2D eigenvalue weighted by molar-refractivity contribution is -0.138. The van der Waals surface area contributed by atoms with Gasteiger partial charge in [0, 0.05) is 23.4 Å². The fourth-order valence-electron chi connectivity index (χ4n) is 5.62. The van der Waals surface area contributed by atoms with E-state index < -0.39 is 11.7 Å². The lowest BCUT2D eigenvalue weighted by Crippen LogP contribution is -2.33. The lowest BCUT2D eigenvalue weighted by Gasteiger charge is -2.26. The molecule has 2 aliphatic rings. The number of fused-ring (bicyclic) bond motifs is 1. The van der Waals surface area contributed by atoms with Gasteiger partial charge in [0.15, 0.2) is 0 Å². The van der Waals surface area contributed by atoms with Gasteiger partial charge in [-0.3, -0.25) is 9.59 Å². The summed E-state index contributed by atoms with van der Waals surface area (Å²) < 4.78 is 24.4. The zero-order valence-corrected chi connectivity index (χ0v) is 23.6. The molecule has 2 amide bonds. The number of amides is 2. The fourth-order valence-corrected chi connectivity index (χ4v) is 5.82.